The van der Waals surface area contributed by atoms with Gasteiger partial charge in [-0.05, 0) is 54.3 Å². The van der Waals surface area contributed by atoms with Crippen LogP contribution in [0.25, 0.3) is 11.1 Å². The second-order valence-electron chi connectivity index (χ2n) is 4.29. The van der Waals surface area contributed by atoms with Gasteiger partial charge in [-0.25, -0.2) is 0 Å². The van der Waals surface area contributed by atoms with Crippen molar-refractivity contribution in [3.05, 3.63) is 47.5 Å². The van der Waals surface area contributed by atoms with Gasteiger partial charge in [0, 0.05) is 0 Å². The van der Waals surface area contributed by atoms with Crippen molar-refractivity contribution in [3.63, 3.8) is 0 Å². The first kappa shape index (κ1) is 12.5. The van der Waals surface area contributed by atoms with Gasteiger partial charge in [-0.15, -0.1) is 0 Å². The molecule has 0 aliphatic carbocycles. The first-order valence-electron chi connectivity index (χ1n) is 5.96. The summed E-state index contributed by atoms with van der Waals surface area (Å²) in [7, 11) is 3.38. The number of rotatable bonds is 3. The monoisotopic (exact) mass is 242 g/mol. The summed E-state index contributed by atoms with van der Waals surface area (Å²) < 4.78 is 10.5. The number of ether oxygens (including phenoxy) is 2. The van der Waals surface area contributed by atoms with Crippen molar-refractivity contribution in [1.82, 2.24) is 0 Å². The third-order valence-electron chi connectivity index (χ3n) is 3.36. The maximum atomic E-state index is 5.33. The Morgan fingerprint density at radius 1 is 0.722 bits per heavy atom. The fourth-order valence-corrected chi connectivity index (χ4v) is 2.10. The van der Waals surface area contributed by atoms with E-state index in [0.29, 0.717) is 0 Å². The molecule has 0 N–H and O–H groups in total. The van der Waals surface area contributed by atoms with Gasteiger partial charge in [-0.2, -0.15) is 0 Å². The molecule has 94 valence electrons. The minimum absolute atomic E-state index is 0.877. The van der Waals surface area contributed by atoms with E-state index in [1.807, 2.05) is 18.2 Å². The molecule has 0 aromatic heterocycles. The van der Waals surface area contributed by atoms with Gasteiger partial charge in [-0.3, -0.25) is 0 Å². The number of hydrogen-bond donors (Lipinski definition) is 0. The Hall–Kier alpha value is -1.96. The molecule has 0 atom stereocenters. The molecule has 0 saturated carbocycles. The fourth-order valence-electron chi connectivity index (χ4n) is 2.10. The lowest BCUT2D eigenvalue weighted by molar-refractivity contribution is 0.411. The van der Waals surface area contributed by atoms with E-state index in [-0.39, 0.29) is 0 Å². The smallest absolute Gasteiger partial charge is 0.122 e. The van der Waals surface area contributed by atoms with Crippen LogP contribution in [0.1, 0.15) is 11.1 Å². The second kappa shape index (κ2) is 5.13. The number of hydrogen-bond acceptors (Lipinski definition) is 2. The molecule has 0 saturated heterocycles. The van der Waals surface area contributed by atoms with Crippen molar-refractivity contribution in [2.75, 3.05) is 14.2 Å². The van der Waals surface area contributed by atoms with Crippen LogP contribution in [0.2, 0.25) is 0 Å². The molecule has 0 radical (unpaired) electrons. The van der Waals surface area contributed by atoms with E-state index in [1.165, 1.54) is 22.3 Å². The largest absolute Gasteiger partial charge is 0.497 e. The van der Waals surface area contributed by atoms with E-state index in [0.717, 1.165) is 11.5 Å². The zero-order chi connectivity index (χ0) is 13.1. The zero-order valence-corrected chi connectivity index (χ0v) is 11.3. The molecule has 2 heteroatoms. The average molecular weight is 242 g/mol. The van der Waals surface area contributed by atoms with Crippen LogP contribution in [-0.4, -0.2) is 14.2 Å². The molecule has 0 fully saturated rings. The summed E-state index contributed by atoms with van der Waals surface area (Å²) in [5.74, 6) is 1.81. The number of methoxy groups -OCH3 is 2. The molecular formula is C16H18O2. The minimum Gasteiger partial charge on any atom is -0.497 e. The maximum absolute atomic E-state index is 5.33. The Bertz CT molecular complexity index is 542. The van der Waals surface area contributed by atoms with E-state index >= 15 is 0 Å². The van der Waals surface area contributed by atoms with Crippen LogP contribution in [0.3, 0.4) is 0 Å². The normalized spacial score (nSPS) is 10.2. The van der Waals surface area contributed by atoms with Crippen molar-refractivity contribution in [2.24, 2.45) is 0 Å². The predicted octanol–water partition coefficient (Wildman–Crippen LogP) is 3.99. The van der Waals surface area contributed by atoms with Crippen LogP contribution < -0.4 is 9.47 Å². The van der Waals surface area contributed by atoms with Gasteiger partial charge in [0.2, 0.25) is 0 Å². The Morgan fingerprint density at radius 2 is 1.39 bits per heavy atom. The lowest BCUT2D eigenvalue weighted by Gasteiger charge is -2.13. The van der Waals surface area contributed by atoms with Crippen molar-refractivity contribution in [3.8, 4) is 22.6 Å². The van der Waals surface area contributed by atoms with Crippen molar-refractivity contribution in [1.29, 1.82) is 0 Å². The van der Waals surface area contributed by atoms with Gasteiger partial charge in [0.1, 0.15) is 11.5 Å². The molecule has 0 unspecified atom stereocenters. The molecule has 0 amide bonds. The van der Waals surface area contributed by atoms with Crippen LogP contribution in [0.15, 0.2) is 36.4 Å². The highest BCUT2D eigenvalue weighted by atomic mass is 16.5. The third kappa shape index (κ3) is 2.19. The van der Waals surface area contributed by atoms with E-state index in [1.54, 1.807) is 14.2 Å². The van der Waals surface area contributed by atoms with Gasteiger partial charge in [0.15, 0.2) is 0 Å². The van der Waals surface area contributed by atoms with Crippen LogP contribution in [-0.2, 0) is 0 Å². The van der Waals surface area contributed by atoms with E-state index in [4.69, 9.17) is 9.47 Å². The first-order chi connectivity index (χ1) is 8.67. The summed E-state index contributed by atoms with van der Waals surface area (Å²) >= 11 is 0. The van der Waals surface area contributed by atoms with Crippen LogP contribution in [0.5, 0.6) is 11.5 Å². The van der Waals surface area contributed by atoms with Crippen LogP contribution in [0.4, 0.5) is 0 Å². The van der Waals surface area contributed by atoms with Crippen molar-refractivity contribution >= 4 is 0 Å². The van der Waals surface area contributed by atoms with Crippen molar-refractivity contribution in [2.45, 2.75) is 13.8 Å². The van der Waals surface area contributed by atoms with E-state index in [2.05, 4.69) is 32.0 Å². The molecular weight excluding hydrogens is 224 g/mol. The zero-order valence-electron chi connectivity index (χ0n) is 11.3. The molecule has 2 aromatic carbocycles. The van der Waals surface area contributed by atoms with Crippen LogP contribution in [0, 0.1) is 13.8 Å². The second-order valence-corrected chi connectivity index (χ2v) is 4.29. The molecule has 2 aromatic rings. The minimum atomic E-state index is 0.877. The number of benzene rings is 2. The topological polar surface area (TPSA) is 18.5 Å². The van der Waals surface area contributed by atoms with E-state index < -0.39 is 0 Å². The Morgan fingerprint density at radius 3 is 1.94 bits per heavy atom. The molecule has 0 spiro atoms. The molecule has 0 bridgehead atoms. The highest BCUT2D eigenvalue weighted by Gasteiger charge is 2.08. The van der Waals surface area contributed by atoms with Gasteiger partial charge in [-0.1, -0.05) is 18.2 Å². The third-order valence-corrected chi connectivity index (χ3v) is 3.36. The fraction of sp³-hybridized carbons (Fsp3) is 0.250. The van der Waals surface area contributed by atoms with Crippen molar-refractivity contribution < 1.29 is 9.47 Å². The quantitative estimate of drug-likeness (QED) is 0.810. The lowest BCUT2D eigenvalue weighted by atomic mass is 9.96. The molecule has 18 heavy (non-hydrogen) atoms. The summed E-state index contributed by atoms with van der Waals surface area (Å²) in [5, 5.41) is 0. The molecule has 0 aliphatic rings. The summed E-state index contributed by atoms with van der Waals surface area (Å²) in [6.45, 7) is 4.21. The summed E-state index contributed by atoms with van der Waals surface area (Å²) in [6.07, 6.45) is 0. The van der Waals surface area contributed by atoms with Gasteiger partial charge >= 0.3 is 0 Å². The summed E-state index contributed by atoms with van der Waals surface area (Å²) in [5.41, 5.74) is 4.86. The molecule has 2 rings (SSSR count). The highest BCUT2D eigenvalue weighted by Crippen LogP contribution is 2.31. The summed E-state index contributed by atoms with van der Waals surface area (Å²) in [6, 6.07) is 12.2. The molecule has 0 aliphatic heterocycles. The van der Waals surface area contributed by atoms with Crippen LogP contribution >= 0.6 is 0 Å². The van der Waals surface area contributed by atoms with Gasteiger partial charge < -0.3 is 9.47 Å². The predicted molar refractivity (Wildman–Crippen MR) is 74.5 cm³/mol. The average Bonchev–Trinajstić information content (AvgIpc) is 2.42. The Kier molecular flexibility index (Phi) is 3.56. The standard InChI is InChI=1S/C16H18O2/c1-11-12(2)16(18-4)10-9-15(11)13-5-7-14(17-3)8-6-13/h5-10H,1-4H3. The highest BCUT2D eigenvalue weighted by molar-refractivity contribution is 5.70. The SMILES string of the molecule is COc1ccc(-c2ccc(OC)c(C)c2C)cc1. The van der Waals surface area contributed by atoms with E-state index in [9.17, 15) is 0 Å². The Labute approximate surface area is 108 Å². The first-order valence-corrected chi connectivity index (χ1v) is 5.96. The van der Waals surface area contributed by atoms with Gasteiger partial charge in [0.25, 0.3) is 0 Å². The molecule has 2 nitrogen and oxygen atoms in total. The Balaban J connectivity index is 2.47. The lowest BCUT2D eigenvalue weighted by Crippen LogP contribution is -1.93. The maximum Gasteiger partial charge on any atom is 0.122 e. The molecule has 0 heterocycles. The van der Waals surface area contributed by atoms with Gasteiger partial charge in [0.05, 0.1) is 14.2 Å². The summed E-state index contributed by atoms with van der Waals surface area (Å²) in [4.78, 5) is 0.